The minimum absolute atomic E-state index is 0.0577. The highest BCUT2D eigenvalue weighted by molar-refractivity contribution is 7.89. The van der Waals surface area contributed by atoms with Crippen molar-refractivity contribution in [3.8, 4) is 0 Å². The van der Waals surface area contributed by atoms with E-state index in [0.717, 1.165) is 27.8 Å². The molecule has 1 unspecified atom stereocenters. The first-order chi connectivity index (χ1) is 17.7. The van der Waals surface area contributed by atoms with Crippen LogP contribution in [0.2, 0.25) is 0 Å². The summed E-state index contributed by atoms with van der Waals surface area (Å²) in [6, 6.07) is 21.4. The van der Waals surface area contributed by atoms with Crippen molar-refractivity contribution in [2.24, 2.45) is 0 Å². The van der Waals surface area contributed by atoms with E-state index in [4.69, 9.17) is 0 Å². The Balaban J connectivity index is 1.46. The van der Waals surface area contributed by atoms with Gasteiger partial charge in [0.25, 0.3) is 0 Å². The molecule has 1 aliphatic heterocycles. The Kier molecular flexibility index (Phi) is 8.43. The third-order valence-electron chi connectivity index (χ3n) is 6.06. The molecule has 0 amide bonds. The number of nitrogens with one attached hydrogen (secondary N) is 1. The summed E-state index contributed by atoms with van der Waals surface area (Å²) in [5.41, 5.74) is 4.49. The lowest BCUT2D eigenvalue weighted by atomic mass is 10.0. The Morgan fingerprint density at radius 3 is 2.38 bits per heavy atom. The van der Waals surface area contributed by atoms with E-state index < -0.39 is 28.5 Å². The second kappa shape index (κ2) is 11.7. The lowest BCUT2D eigenvalue weighted by molar-refractivity contribution is -0.141. The maximum atomic E-state index is 13.2. The predicted molar refractivity (Wildman–Crippen MR) is 151 cm³/mol. The van der Waals surface area contributed by atoms with E-state index in [1.54, 1.807) is 18.2 Å². The first-order valence-corrected chi connectivity index (χ1v) is 13.4. The monoisotopic (exact) mass is 532 g/mol. The molecule has 0 aromatic heterocycles. The van der Waals surface area contributed by atoms with E-state index in [1.807, 2.05) is 86.6 Å². The number of aryl methyl sites for hydroxylation is 2. The fourth-order valence-corrected chi connectivity index (χ4v) is 6.10. The molecule has 1 heterocycles. The van der Waals surface area contributed by atoms with Crippen molar-refractivity contribution in [3.05, 3.63) is 117 Å². The zero-order valence-corrected chi connectivity index (χ0v) is 22.2. The summed E-state index contributed by atoms with van der Waals surface area (Å²) in [5, 5.41) is 13.3. The second-order valence-electron chi connectivity index (χ2n) is 8.86. The van der Waals surface area contributed by atoms with Gasteiger partial charge in [0, 0.05) is 5.56 Å². The van der Waals surface area contributed by atoms with Crippen LogP contribution in [0.4, 0.5) is 0 Å². The molecule has 0 aliphatic carbocycles. The Bertz CT molecular complexity index is 1380. The summed E-state index contributed by atoms with van der Waals surface area (Å²) in [6.07, 6.45) is 5.24. The van der Waals surface area contributed by atoms with Gasteiger partial charge in [0.1, 0.15) is 27.6 Å². The fraction of sp³-hybridized carbons (Fsp3) is 0.172. The third kappa shape index (κ3) is 6.46. The Hall–Kier alpha value is -3.46. The van der Waals surface area contributed by atoms with Gasteiger partial charge in [-0.1, -0.05) is 84.4 Å². The number of benzene rings is 3. The molecule has 6 nitrogen and oxygen atoms in total. The minimum Gasteiger partial charge on any atom is -0.480 e. The number of carboxylic acids is 1. The number of rotatable bonds is 8. The van der Waals surface area contributed by atoms with Gasteiger partial charge in [-0.2, -0.15) is 4.31 Å². The third-order valence-corrected chi connectivity index (χ3v) is 8.06. The van der Waals surface area contributed by atoms with Gasteiger partial charge in [-0.15, -0.1) is 12.6 Å². The van der Waals surface area contributed by atoms with Crippen LogP contribution in [0.3, 0.4) is 0 Å². The normalized spacial score (nSPS) is 19.7. The molecule has 1 aliphatic rings. The highest BCUT2D eigenvalue weighted by Gasteiger charge is 2.41. The molecular formula is C29H28N2O4S2. The number of aliphatic carboxylic acids is 1. The van der Waals surface area contributed by atoms with Crippen LogP contribution in [0.1, 0.15) is 38.2 Å². The number of allylic oxidation sites excluding steroid dienone is 1. The maximum Gasteiger partial charge on any atom is 0.322 e. The summed E-state index contributed by atoms with van der Waals surface area (Å²) in [6.45, 7) is 3.92. The molecule has 0 saturated carbocycles. The van der Waals surface area contributed by atoms with Gasteiger partial charge >= 0.3 is 5.97 Å². The maximum absolute atomic E-state index is 13.2. The minimum atomic E-state index is -1.73. The molecule has 4 rings (SSSR count). The van der Waals surface area contributed by atoms with Crippen molar-refractivity contribution in [1.82, 2.24) is 9.62 Å². The highest BCUT2D eigenvalue weighted by atomic mass is 32.2. The first-order valence-electron chi connectivity index (χ1n) is 11.8. The number of hydrogen-bond donors (Lipinski definition) is 3. The SMILES string of the molecule is Cc1ccc(C(=O)/C=C/c2ccc(/C=C3/N[C@H](S)N([C@@H](Cc4ccccc4)C(=O)O)S3=O)cc2)c(C)c1. The lowest BCUT2D eigenvalue weighted by Crippen LogP contribution is -2.45. The van der Waals surface area contributed by atoms with Crippen LogP contribution in [-0.2, 0) is 22.2 Å². The molecule has 3 atom stereocenters. The van der Waals surface area contributed by atoms with E-state index in [9.17, 15) is 18.9 Å². The molecule has 3 aromatic carbocycles. The molecule has 3 aromatic rings. The number of hydrogen-bond acceptors (Lipinski definition) is 5. The van der Waals surface area contributed by atoms with Gasteiger partial charge < -0.3 is 10.4 Å². The van der Waals surface area contributed by atoms with Crippen molar-refractivity contribution in [2.45, 2.75) is 31.8 Å². The molecule has 0 bridgehead atoms. The van der Waals surface area contributed by atoms with E-state index >= 15 is 0 Å². The Labute approximate surface area is 224 Å². The molecule has 2 N–H and O–H groups in total. The Morgan fingerprint density at radius 1 is 1.05 bits per heavy atom. The molecule has 190 valence electrons. The summed E-state index contributed by atoms with van der Waals surface area (Å²) in [5.74, 6) is -1.12. The quantitative estimate of drug-likeness (QED) is 0.217. The summed E-state index contributed by atoms with van der Waals surface area (Å²) in [4.78, 5) is 24.6. The van der Waals surface area contributed by atoms with Crippen LogP contribution in [0.25, 0.3) is 12.2 Å². The van der Waals surface area contributed by atoms with Crippen molar-refractivity contribution in [3.63, 3.8) is 0 Å². The average molecular weight is 533 g/mol. The number of carboxylic acid groups (broad SMARTS) is 1. The molecule has 0 spiro atoms. The number of thiol groups is 1. The van der Waals surface area contributed by atoms with Crippen LogP contribution >= 0.6 is 12.6 Å². The van der Waals surface area contributed by atoms with E-state index in [0.29, 0.717) is 10.6 Å². The van der Waals surface area contributed by atoms with Gasteiger partial charge in [0.15, 0.2) is 5.78 Å². The van der Waals surface area contributed by atoms with Crippen LogP contribution < -0.4 is 5.32 Å². The van der Waals surface area contributed by atoms with Crippen LogP contribution in [0.5, 0.6) is 0 Å². The topological polar surface area (TPSA) is 86.7 Å². The zero-order valence-electron chi connectivity index (χ0n) is 20.5. The van der Waals surface area contributed by atoms with E-state index in [2.05, 4.69) is 17.9 Å². The highest BCUT2D eigenvalue weighted by Crippen LogP contribution is 2.27. The van der Waals surface area contributed by atoms with Crippen LogP contribution in [0.15, 0.2) is 83.9 Å². The summed E-state index contributed by atoms with van der Waals surface area (Å²) < 4.78 is 14.6. The average Bonchev–Trinajstić information content (AvgIpc) is 3.14. The smallest absolute Gasteiger partial charge is 0.322 e. The van der Waals surface area contributed by atoms with Crippen molar-refractivity contribution in [1.29, 1.82) is 0 Å². The molecule has 1 fully saturated rings. The van der Waals surface area contributed by atoms with Crippen molar-refractivity contribution >= 4 is 47.5 Å². The van der Waals surface area contributed by atoms with Gasteiger partial charge in [-0.05, 0) is 54.7 Å². The van der Waals surface area contributed by atoms with Gasteiger partial charge in [-0.3, -0.25) is 9.59 Å². The molecular weight excluding hydrogens is 504 g/mol. The van der Waals surface area contributed by atoms with Crippen LogP contribution in [0, 0.1) is 13.8 Å². The predicted octanol–water partition coefficient (Wildman–Crippen LogP) is 4.98. The standard InChI is InChI=1S/C29H28N2O4S2/c1-19-8-14-24(20(2)16-19)26(32)15-13-21-9-11-23(12-10-21)18-27-30-29(36)31(37(27)35)25(28(33)34)17-22-6-4-3-5-7-22/h3-16,18,25,29-30,36H,17H2,1-2H3,(H,33,34)/b15-13+,27-18-/t25-,29-,37?/m0/s1. The summed E-state index contributed by atoms with van der Waals surface area (Å²) in [7, 11) is -1.73. The fourth-order valence-electron chi connectivity index (χ4n) is 4.15. The van der Waals surface area contributed by atoms with Gasteiger partial charge in [-0.25, -0.2) is 4.21 Å². The lowest BCUT2D eigenvalue weighted by Gasteiger charge is -2.24. The molecule has 1 saturated heterocycles. The van der Waals surface area contributed by atoms with E-state index in [-0.39, 0.29) is 12.2 Å². The van der Waals surface area contributed by atoms with Crippen molar-refractivity contribution < 1.29 is 18.9 Å². The number of nitrogens with zero attached hydrogens (tertiary/aromatic N) is 1. The zero-order chi connectivity index (χ0) is 26.5. The van der Waals surface area contributed by atoms with Crippen molar-refractivity contribution in [2.75, 3.05) is 0 Å². The molecule has 37 heavy (non-hydrogen) atoms. The van der Waals surface area contributed by atoms with Gasteiger partial charge in [0.05, 0.1) is 0 Å². The molecule has 0 radical (unpaired) electrons. The number of carbonyl (C=O) groups excluding carboxylic acids is 1. The van der Waals surface area contributed by atoms with Gasteiger partial charge in [0.2, 0.25) is 0 Å². The second-order valence-corrected chi connectivity index (χ2v) is 10.7. The first kappa shape index (κ1) is 26.6. The van der Waals surface area contributed by atoms with E-state index in [1.165, 1.54) is 4.31 Å². The molecule has 8 heteroatoms. The number of carbonyl (C=O) groups is 2. The Morgan fingerprint density at radius 2 is 1.73 bits per heavy atom. The summed E-state index contributed by atoms with van der Waals surface area (Å²) >= 11 is 4.46. The largest absolute Gasteiger partial charge is 0.480 e. The number of ketones is 1. The van der Waals surface area contributed by atoms with Crippen LogP contribution in [-0.4, -0.2) is 36.9 Å².